The van der Waals surface area contributed by atoms with Crippen LogP contribution in [0.25, 0.3) is 11.5 Å². The van der Waals surface area contributed by atoms with E-state index in [0.717, 1.165) is 5.56 Å². The zero-order chi connectivity index (χ0) is 18.6. The Bertz CT molecular complexity index is 1040. The minimum Gasteiger partial charge on any atom is -0.419 e. The summed E-state index contributed by atoms with van der Waals surface area (Å²) in [6, 6.07) is 11.2. The van der Waals surface area contributed by atoms with E-state index in [0.29, 0.717) is 29.6 Å². The first kappa shape index (κ1) is 16.7. The van der Waals surface area contributed by atoms with Gasteiger partial charge in [0.25, 0.3) is 5.91 Å². The minimum absolute atomic E-state index is 0.0891. The van der Waals surface area contributed by atoms with E-state index in [1.165, 1.54) is 0 Å². The number of amides is 1. The Balaban J connectivity index is 1.44. The molecule has 0 aliphatic rings. The third-order valence-electron chi connectivity index (χ3n) is 3.97. The van der Waals surface area contributed by atoms with Crippen LogP contribution in [-0.2, 0) is 13.1 Å². The summed E-state index contributed by atoms with van der Waals surface area (Å²) in [5.41, 5.74) is 1.70. The minimum atomic E-state index is -0.381. The summed E-state index contributed by atoms with van der Waals surface area (Å²) in [6.07, 6.45) is 3.47. The lowest BCUT2D eigenvalue weighted by Crippen LogP contribution is -2.25. The fourth-order valence-corrected chi connectivity index (χ4v) is 2.57. The van der Waals surface area contributed by atoms with E-state index in [1.54, 1.807) is 24.0 Å². The first-order chi connectivity index (χ1) is 13.2. The van der Waals surface area contributed by atoms with Crippen LogP contribution in [-0.4, -0.2) is 31.0 Å². The second-order valence-electron chi connectivity index (χ2n) is 5.82. The van der Waals surface area contributed by atoms with Gasteiger partial charge in [-0.3, -0.25) is 9.48 Å². The molecule has 4 rings (SSSR count). The third kappa shape index (κ3) is 3.61. The molecule has 27 heavy (non-hydrogen) atoms. The molecule has 3 heterocycles. The van der Waals surface area contributed by atoms with E-state index in [-0.39, 0.29) is 18.1 Å². The zero-order valence-electron chi connectivity index (χ0n) is 14.5. The smallest absolute Gasteiger partial charge is 0.274 e. The Kier molecular flexibility index (Phi) is 4.48. The highest BCUT2D eigenvalue weighted by molar-refractivity contribution is 5.93. The number of carbonyl (C=O) groups excluding carboxylic acids is 1. The zero-order valence-corrected chi connectivity index (χ0v) is 14.5. The van der Waals surface area contributed by atoms with Gasteiger partial charge < -0.3 is 14.3 Å². The lowest BCUT2D eigenvalue weighted by atomic mass is 10.2. The average Bonchev–Trinajstić information content (AvgIpc) is 3.44. The molecule has 0 unspecified atom stereocenters. The molecule has 0 spiro atoms. The van der Waals surface area contributed by atoms with Crippen LogP contribution in [0.5, 0.6) is 0 Å². The number of nitrogens with zero attached hydrogens (tertiary/aromatic N) is 5. The average molecular weight is 364 g/mol. The molecule has 9 heteroatoms. The van der Waals surface area contributed by atoms with Crippen molar-refractivity contribution in [3.8, 4) is 11.5 Å². The normalized spacial score (nSPS) is 10.9. The third-order valence-corrected chi connectivity index (χ3v) is 3.97. The monoisotopic (exact) mass is 364 g/mol. The number of nitrogens with one attached hydrogen (secondary N) is 1. The molecular formula is C18H16N6O3. The lowest BCUT2D eigenvalue weighted by molar-refractivity contribution is 0.0937. The molecule has 1 amide bonds. The fourth-order valence-electron chi connectivity index (χ4n) is 2.57. The van der Waals surface area contributed by atoms with Gasteiger partial charge in [0, 0.05) is 23.5 Å². The maximum absolute atomic E-state index is 12.5. The van der Waals surface area contributed by atoms with Crippen LogP contribution < -0.4 is 5.32 Å². The molecule has 0 fully saturated rings. The summed E-state index contributed by atoms with van der Waals surface area (Å²) in [4.78, 5) is 12.5. The Morgan fingerprint density at radius 1 is 1.19 bits per heavy atom. The highest BCUT2D eigenvalue weighted by atomic mass is 16.5. The number of hydrogen-bond donors (Lipinski definition) is 1. The van der Waals surface area contributed by atoms with Crippen molar-refractivity contribution < 1.29 is 13.7 Å². The van der Waals surface area contributed by atoms with Gasteiger partial charge in [-0.1, -0.05) is 23.4 Å². The maximum Gasteiger partial charge on any atom is 0.274 e. The fraction of sp³-hybridized carbons (Fsp3) is 0.167. The highest BCUT2D eigenvalue weighted by Gasteiger charge is 2.21. The van der Waals surface area contributed by atoms with Gasteiger partial charge in [0.1, 0.15) is 5.76 Å². The molecule has 9 nitrogen and oxygen atoms in total. The van der Waals surface area contributed by atoms with Crippen LogP contribution in [0, 0.1) is 6.92 Å². The van der Waals surface area contributed by atoms with Crippen molar-refractivity contribution in [1.82, 2.24) is 30.5 Å². The highest BCUT2D eigenvalue weighted by Crippen LogP contribution is 2.17. The Labute approximate surface area is 154 Å². The topological polar surface area (TPSA) is 112 Å². The molecule has 1 aromatic carbocycles. The van der Waals surface area contributed by atoms with Crippen molar-refractivity contribution in [2.45, 2.75) is 20.0 Å². The van der Waals surface area contributed by atoms with Crippen LogP contribution in [0.15, 0.2) is 57.7 Å². The summed E-state index contributed by atoms with van der Waals surface area (Å²) in [7, 11) is 0. The van der Waals surface area contributed by atoms with Gasteiger partial charge in [0.2, 0.25) is 11.8 Å². The van der Waals surface area contributed by atoms with E-state index in [1.807, 2.05) is 36.4 Å². The summed E-state index contributed by atoms with van der Waals surface area (Å²) >= 11 is 0. The van der Waals surface area contributed by atoms with Gasteiger partial charge in [-0.05, 0) is 25.1 Å². The van der Waals surface area contributed by atoms with Crippen molar-refractivity contribution in [2.75, 3.05) is 0 Å². The second-order valence-corrected chi connectivity index (χ2v) is 5.82. The standard InChI is InChI=1S/C18H16N6O3/c1-12-14(11-24-9-5-8-20-24)16(23-27-12)17(25)19-10-15-21-22-18(26-15)13-6-3-2-4-7-13/h2-9H,10-11H2,1H3,(H,19,25). The molecule has 3 aromatic heterocycles. The van der Waals surface area contributed by atoms with Crippen molar-refractivity contribution in [3.05, 3.63) is 71.7 Å². The predicted octanol–water partition coefficient (Wildman–Crippen LogP) is 2.21. The molecule has 0 aliphatic heterocycles. The quantitative estimate of drug-likeness (QED) is 0.558. The summed E-state index contributed by atoms with van der Waals surface area (Å²) in [5, 5.41) is 18.7. The molecule has 0 bridgehead atoms. The molecule has 4 aromatic rings. The molecule has 136 valence electrons. The van der Waals surface area contributed by atoms with Crippen LogP contribution in [0.3, 0.4) is 0 Å². The van der Waals surface area contributed by atoms with Gasteiger partial charge in [-0.2, -0.15) is 5.10 Å². The molecule has 0 saturated heterocycles. The van der Waals surface area contributed by atoms with Crippen molar-refractivity contribution in [1.29, 1.82) is 0 Å². The van der Waals surface area contributed by atoms with Crippen LogP contribution >= 0.6 is 0 Å². The predicted molar refractivity (Wildman–Crippen MR) is 93.5 cm³/mol. The van der Waals surface area contributed by atoms with Crippen LogP contribution in [0.4, 0.5) is 0 Å². The maximum atomic E-state index is 12.5. The lowest BCUT2D eigenvalue weighted by Gasteiger charge is -2.03. The van der Waals surface area contributed by atoms with Crippen LogP contribution in [0.2, 0.25) is 0 Å². The Hall–Kier alpha value is -3.75. The number of hydrogen-bond acceptors (Lipinski definition) is 7. The summed E-state index contributed by atoms with van der Waals surface area (Å²) in [5.74, 6) is 0.890. The molecule has 1 N–H and O–H groups in total. The van der Waals surface area contributed by atoms with E-state index < -0.39 is 0 Å². The Morgan fingerprint density at radius 2 is 2.04 bits per heavy atom. The molecule has 0 atom stereocenters. The van der Waals surface area contributed by atoms with E-state index in [9.17, 15) is 4.79 Å². The molecule has 0 saturated carbocycles. The number of benzene rings is 1. The van der Waals surface area contributed by atoms with E-state index >= 15 is 0 Å². The number of rotatable bonds is 6. The molecule has 0 aliphatic carbocycles. The first-order valence-corrected chi connectivity index (χ1v) is 8.29. The van der Waals surface area contributed by atoms with Crippen molar-refractivity contribution >= 4 is 5.91 Å². The van der Waals surface area contributed by atoms with Gasteiger partial charge in [0.05, 0.1) is 13.1 Å². The van der Waals surface area contributed by atoms with Gasteiger partial charge in [-0.25, -0.2) is 0 Å². The largest absolute Gasteiger partial charge is 0.419 e. The van der Waals surface area contributed by atoms with Gasteiger partial charge in [-0.15, -0.1) is 10.2 Å². The van der Waals surface area contributed by atoms with Gasteiger partial charge in [0.15, 0.2) is 5.69 Å². The van der Waals surface area contributed by atoms with Crippen LogP contribution in [0.1, 0.15) is 27.7 Å². The first-order valence-electron chi connectivity index (χ1n) is 8.29. The van der Waals surface area contributed by atoms with E-state index in [4.69, 9.17) is 8.94 Å². The summed E-state index contributed by atoms with van der Waals surface area (Å²) < 4.78 is 12.5. The van der Waals surface area contributed by atoms with Crippen molar-refractivity contribution in [2.24, 2.45) is 0 Å². The Morgan fingerprint density at radius 3 is 2.81 bits per heavy atom. The number of aromatic nitrogens is 5. The SMILES string of the molecule is Cc1onc(C(=O)NCc2nnc(-c3ccccc3)o2)c1Cn1cccn1. The molecular weight excluding hydrogens is 348 g/mol. The number of aryl methyl sites for hydroxylation is 1. The second kappa shape index (κ2) is 7.24. The van der Waals surface area contributed by atoms with E-state index in [2.05, 4.69) is 25.8 Å². The van der Waals surface area contributed by atoms with Gasteiger partial charge >= 0.3 is 0 Å². The molecule has 0 radical (unpaired) electrons. The summed E-state index contributed by atoms with van der Waals surface area (Å²) in [6.45, 7) is 2.24. The number of carbonyl (C=O) groups is 1. The van der Waals surface area contributed by atoms with Crippen molar-refractivity contribution in [3.63, 3.8) is 0 Å².